The number of H-pyrrole nitrogens is 1. The van der Waals surface area contributed by atoms with Gasteiger partial charge in [0, 0.05) is 21.9 Å². The minimum atomic E-state index is -0.756. The summed E-state index contributed by atoms with van der Waals surface area (Å²) >= 11 is 0. The fourth-order valence-corrected chi connectivity index (χ4v) is 3.63. The Hall–Kier alpha value is -5.05. The molecule has 0 atom stereocenters. The normalized spacial score (nSPS) is 11.3. The van der Waals surface area contributed by atoms with Gasteiger partial charge in [0.25, 0.3) is 5.91 Å². The fourth-order valence-electron chi connectivity index (χ4n) is 3.63. The second-order valence-electron chi connectivity index (χ2n) is 7.42. The molecule has 0 saturated heterocycles. The molecule has 0 saturated carbocycles. The zero-order chi connectivity index (χ0) is 23.7. The standard InChI is InChI=1S/C25H17N5O4/c31-22(28-29-23(32)21-14-20(26-27-21)15-7-2-1-3-8-15)16-9-6-10-17(13-16)30-24(33)18-11-4-5-12-19(18)25(30)34/h1-14,33-34H,(H,26,27). The number of carbonyl (C=O) groups is 2. The predicted octanol–water partition coefficient (Wildman–Crippen LogP) is 4.86. The molecular formula is C25H17N5O4. The van der Waals surface area contributed by atoms with Gasteiger partial charge in [-0.1, -0.05) is 48.5 Å². The van der Waals surface area contributed by atoms with Crippen LogP contribution >= 0.6 is 0 Å². The molecule has 2 heterocycles. The van der Waals surface area contributed by atoms with E-state index >= 15 is 0 Å². The van der Waals surface area contributed by atoms with Crippen LogP contribution < -0.4 is 0 Å². The zero-order valence-electron chi connectivity index (χ0n) is 17.6. The Kier molecular flexibility index (Phi) is 5.19. The summed E-state index contributed by atoms with van der Waals surface area (Å²) < 4.78 is 1.22. The SMILES string of the molecule is O=C(N=NC(=O)c1cc(-c2ccccc2)n[nH]1)c1cccc(-n2c(O)c3ccccc3c2O)c1. The van der Waals surface area contributed by atoms with E-state index in [0.29, 0.717) is 22.2 Å². The molecular weight excluding hydrogens is 434 g/mol. The van der Waals surface area contributed by atoms with Crippen molar-refractivity contribution in [2.75, 3.05) is 0 Å². The van der Waals surface area contributed by atoms with Gasteiger partial charge in [-0.3, -0.25) is 19.3 Å². The Morgan fingerprint density at radius 3 is 2.12 bits per heavy atom. The molecule has 0 aliphatic carbocycles. The van der Waals surface area contributed by atoms with E-state index in [-0.39, 0.29) is 23.0 Å². The third kappa shape index (κ3) is 3.71. The van der Waals surface area contributed by atoms with Gasteiger partial charge in [-0.25, -0.2) is 0 Å². The molecule has 0 aliphatic heterocycles. The van der Waals surface area contributed by atoms with Crippen LogP contribution in [0.5, 0.6) is 11.8 Å². The number of rotatable bonds is 4. The van der Waals surface area contributed by atoms with Gasteiger partial charge >= 0.3 is 5.91 Å². The van der Waals surface area contributed by atoms with Crippen molar-refractivity contribution < 1.29 is 19.8 Å². The van der Waals surface area contributed by atoms with Crippen molar-refractivity contribution in [3.05, 3.63) is 96.2 Å². The molecule has 0 fully saturated rings. The number of aromatic amines is 1. The van der Waals surface area contributed by atoms with Crippen molar-refractivity contribution in [1.29, 1.82) is 0 Å². The Labute approximate surface area is 192 Å². The number of hydrogen-bond donors (Lipinski definition) is 3. The van der Waals surface area contributed by atoms with Crippen LogP contribution in [0.3, 0.4) is 0 Å². The van der Waals surface area contributed by atoms with Gasteiger partial charge in [0.15, 0.2) is 0 Å². The second-order valence-corrected chi connectivity index (χ2v) is 7.42. The van der Waals surface area contributed by atoms with Crippen LogP contribution in [-0.4, -0.2) is 36.8 Å². The topological polar surface area (TPSA) is 133 Å². The highest BCUT2D eigenvalue weighted by molar-refractivity contribution is 5.99. The van der Waals surface area contributed by atoms with Gasteiger partial charge in [-0.2, -0.15) is 5.10 Å². The fraction of sp³-hybridized carbons (Fsp3) is 0. The van der Waals surface area contributed by atoms with Gasteiger partial charge in [0.2, 0.25) is 11.8 Å². The molecule has 5 aromatic rings. The van der Waals surface area contributed by atoms with Crippen LogP contribution in [0.25, 0.3) is 27.7 Å². The quantitative estimate of drug-likeness (QED) is 0.336. The average molecular weight is 451 g/mol. The lowest BCUT2D eigenvalue weighted by Gasteiger charge is -2.07. The first-order valence-electron chi connectivity index (χ1n) is 10.3. The molecule has 3 aromatic carbocycles. The third-order valence-corrected chi connectivity index (χ3v) is 5.29. The van der Waals surface area contributed by atoms with E-state index in [4.69, 9.17) is 0 Å². The highest BCUT2D eigenvalue weighted by atomic mass is 16.3. The number of amides is 2. The molecule has 5 rings (SSSR count). The van der Waals surface area contributed by atoms with Gasteiger partial charge < -0.3 is 10.2 Å². The van der Waals surface area contributed by atoms with E-state index in [1.54, 1.807) is 36.4 Å². The minimum absolute atomic E-state index is 0.0954. The maximum Gasteiger partial charge on any atom is 0.313 e. The van der Waals surface area contributed by atoms with Crippen LogP contribution in [0.1, 0.15) is 20.8 Å². The highest BCUT2D eigenvalue weighted by Gasteiger charge is 2.18. The zero-order valence-corrected chi connectivity index (χ0v) is 17.6. The summed E-state index contributed by atoms with van der Waals surface area (Å²) in [6.45, 7) is 0. The molecule has 2 aromatic heterocycles. The Balaban J connectivity index is 1.38. The molecule has 0 aliphatic rings. The van der Waals surface area contributed by atoms with Crippen LogP contribution in [0.15, 0.2) is 95.2 Å². The van der Waals surface area contributed by atoms with E-state index in [1.807, 2.05) is 30.3 Å². The van der Waals surface area contributed by atoms with E-state index < -0.39 is 11.8 Å². The number of fused-ring (bicyclic) bond motifs is 1. The van der Waals surface area contributed by atoms with Crippen LogP contribution in [-0.2, 0) is 0 Å². The summed E-state index contributed by atoms with van der Waals surface area (Å²) in [6, 6.07) is 23.8. The molecule has 9 nitrogen and oxygen atoms in total. The first kappa shape index (κ1) is 20.8. The number of aromatic nitrogens is 3. The average Bonchev–Trinajstić information content (AvgIpc) is 3.47. The lowest BCUT2D eigenvalue weighted by molar-refractivity contribution is 0.0944. The molecule has 0 radical (unpaired) electrons. The number of hydrogen-bond acceptors (Lipinski definition) is 5. The molecule has 2 amide bonds. The number of nitrogens with one attached hydrogen (secondary N) is 1. The lowest BCUT2D eigenvalue weighted by atomic mass is 10.1. The smallest absolute Gasteiger partial charge is 0.313 e. The second kappa shape index (κ2) is 8.47. The van der Waals surface area contributed by atoms with Gasteiger partial charge in [-0.05, 0) is 36.4 Å². The van der Waals surface area contributed by atoms with E-state index in [2.05, 4.69) is 20.4 Å². The molecule has 9 heteroatoms. The molecule has 166 valence electrons. The highest BCUT2D eigenvalue weighted by Crippen LogP contribution is 2.38. The molecule has 3 N–H and O–H groups in total. The predicted molar refractivity (Wildman–Crippen MR) is 124 cm³/mol. The maximum atomic E-state index is 12.6. The van der Waals surface area contributed by atoms with Crippen LogP contribution in [0.4, 0.5) is 0 Å². The minimum Gasteiger partial charge on any atom is -0.494 e. The van der Waals surface area contributed by atoms with E-state index in [9.17, 15) is 19.8 Å². The van der Waals surface area contributed by atoms with Gasteiger partial charge in [-0.15, -0.1) is 10.2 Å². The largest absolute Gasteiger partial charge is 0.494 e. The van der Waals surface area contributed by atoms with Crippen LogP contribution in [0.2, 0.25) is 0 Å². The van der Waals surface area contributed by atoms with Crippen molar-refractivity contribution in [3.8, 4) is 28.7 Å². The van der Waals surface area contributed by atoms with Crippen molar-refractivity contribution in [2.45, 2.75) is 0 Å². The maximum absolute atomic E-state index is 12.6. The van der Waals surface area contributed by atoms with Gasteiger partial charge in [0.1, 0.15) is 5.69 Å². The van der Waals surface area contributed by atoms with E-state index in [0.717, 1.165) is 5.56 Å². The lowest BCUT2D eigenvalue weighted by Crippen LogP contribution is -2.00. The summed E-state index contributed by atoms with van der Waals surface area (Å²) in [5, 5.41) is 35.8. The number of carbonyl (C=O) groups excluding carboxylic acids is 2. The first-order chi connectivity index (χ1) is 16.5. The molecule has 0 bridgehead atoms. The number of aromatic hydroxyl groups is 2. The number of nitrogens with zero attached hydrogens (tertiary/aromatic N) is 4. The van der Waals surface area contributed by atoms with Crippen molar-refractivity contribution in [2.24, 2.45) is 10.2 Å². The Morgan fingerprint density at radius 1 is 0.765 bits per heavy atom. The Morgan fingerprint density at radius 2 is 1.41 bits per heavy atom. The molecule has 0 unspecified atom stereocenters. The first-order valence-corrected chi connectivity index (χ1v) is 10.3. The summed E-state index contributed by atoms with van der Waals surface area (Å²) in [7, 11) is 0. The summed E-state index contributed by atoms with van der Waals surface area (Å²) in [5.74, 6) is -1.83. The van der Waals surface area contributed by atoms with Gasteiger partial charge in [0.05, 0.1) is 11.4 Å². The summed E-state index contributed by atoms with van der Waals surface area (Å²) in [5.41, 5.74) is 1.96. The molecule has 0 spiro atoms. The monoisotopic (exact) mass is 451 g/mol. The Bertz CT molecular complexity index is 1530. The van der Waals surface area contributed by atoms with Crippen molar-refractivity contribution >= 4 is 22.6 Å². The summed E-state index contributed by atoms with van der Waals surface area (Å²) in [4.78, 5) is 24.9. The number of benzene rings is 3. The molecule has 34 heavy (non-hydrogen) atoms. The summed E-state index contributed by atoms with van der Waals surface area (Å²) in [6.07, 6.45) is 0. The number of azo groups is 1. The third-order valence-electron chi connectivity index (χ3n) is 5.29. The van der Waals surface area contributed by atoms with E-state index in [1.165, 1.54) is 22.8 Å². The van der Waals surface area contributed by atoms with Crippen LogP contribution in [0, 0.1) is 0 Å². The van der Waals surface area contributed by atoms with Crippen molar-refractivity contribution in [3.63, 3.8) is 0 Å². The van der Waals surface area contributed by atoms with Crippen molar-refractivity contribution in [1.82, 2.24) is 14.8 Å².